The van der Waals surface area contributed by atoms with Gasteiger partial charge in [0.1, 0.15) is 6.10 Å². The second-order valence-electron chi connectivity index (χ2n) is 5.49. The highest BCUT2D eigenvalue weighted by Gasteiger charge is 2.32. The Labute approximate surface area is 142 Å². The minimum atomic E-state index is -3.75. The number of aliphatic hydroxyl groups is 2. The Balaban J connectivity index is 2.51. The molecule has 0 bridgehead atoms. The van der Waals surface area contributed by atoms with Gasteiger partial charge in [0.05, 0.1) is 16.8 Å². The molecule has 1 atom stereocenters. The van der Waals surface area contributed by atoms with E-state index in [-0.39, 0.29) is 19.1 Å². The average molecular weight is 411 g/mol. The zero-order chi connectivity index (χ0) is 17.7. The fraction of sp³-hybridized carbons (Fsp3) is 0.583. The van der Waals surface area contributed by atoms with Gasteiger partial charge in [-0.25, -0.2) is 18.4 Å². The molecule has 130 valence electrons. The number of rotatable bonds is 8. The first-order valence-corrected chi connectivity index (χ1v) is 9.06. The topological polar surface area (TPSA) is 142 Å². The number of sulfonamides is 1. The first-order valence-electron chi connectivity index (χ1n) is 6.62. The van der Waals surface area contributed by atoms with Crippen LogP contribution < -0.4 is 10.0 Å². The molecule has 1 heterocycles. The summed E-state index contributed by atoms with van der Waals surface area (Å²) in [4.78, 5) is 19.3. The number of aromatic nitrogens is 2. The fourth-order valence-corrected chi connectivity index (χ4v) is 2.46. The molecule has 9 nitrogen and oxygen atoms in total. The Hall–Kier alpha value is -1.30. The second kappa shape index (κ2) is 7.99. The molecule has 0 unspecified atom stereocenters. The van der Waals surface area contributed by atoms with Crippen molar-refractivity contribution in [3.63, 3.8) is 0 Å². The van der Waals surface area contributed by atoms with Gasteiger partial charge in [-0.3, -0.25) is 9.52 Å². The molecule has 0 fully saturated rings. The molecule has 0 aliphatic rings. The van der Waals surface area contributed by atoms with Crippen LogP contribution in [0.3, 0.4) is 0 Å². The third-order valence-corrected chi connectivity index (χ3v) is 4.58. The summed E-state index contributed by atoms with van der Waals surface area (Å²) in [7, 11) is -3.75. The Morgan fingerprint density at radius 2 is 1.96 bits per heavy atom. The minimum Gasteiger partial charge on any atom is -0.396 e. The summed E-state index contributed by atoms with van der Waals surface area (Å²) in [5.74, 6) is -1.25. The number of halogens is 1. The van der Waals surface area contributed by atoms with Crippen LogP contribution in [0.1, 0.15) is 13.8 Å². The number of carbonyl (C=O) groups is 1. The molecule has 0 aliphatic carbocycles. The van der Waals surface area contributed by atoms with Gasteiger partial charge in [-0.15, -0.1) is 0 Å². The van der Waals surface area contributed by atoms with E-state index in [9.17, 15) is 18.3 Å². The molecule has 0 spiro atoms. The van der Waals surface area contributed by atoms with Gasteiger partial charge in [-0.1, -0.05) is 13.8 Å². The van der Waals surface area contributed by atoms with Crippen molar-refractivity contribution in [2.75, 3.05) is 23.6 Å². The first-order chi connectivity index (χ1) is 10.6. The van der Waals surface area contributed by atoms with Gasteiger partial charge in [0.15, 0.2) is 0 Å². The number of nitrogens with one attached hydrogen (secondary N) is 2. The van der Waals surface area contributed by atoms with Crippen LogP contribution in [0.25, 0.3) is 0 Å². The minimum absolute atomic E-state index is 0.0824. The van der Waals surface area contributed by atoms with E-state index in [1.54, 1.807) is 0 Å². The number of hydrogen-bond donors (Lipinski definition) is 4. The van der Waals surface area contributed by atoms with Crippen LogP contribution in [0.4, 0.5) is 5.95 Å². The van der Waals surface area contributed by atoms with E-state index >= 15 is 0 Å². The summed E-state index contributed by atoms with van der Waals surface area (Å²) >= 11 is 3.13. The molecule has 4 N–H and O–H groups in total. The lowest BCUT2D eigenvalue weighted by molar-refractivity contribution is -0.136. The molecule has 1 amide bonds. The van der Waals surface area contributed by atoms with Crippen molar-refractivity contribution in [3.05, 3.63) is 16.9 Å². The molecule has 1 aromatic heterocycles. The van der Waals surface area contributed by atoms with Crippen molar-refractivity contribution in [2.24, 2.45) is 5.41 Å². The summed E-state index contributed by atoms with van der Waals surface area (Å²) < 4.78 is 26.4. The number of anilines is 1. The van der Waals surface area contributed by atoms with Crippen molar-refractivity contribution in [1.29, 1.82) is 0 Å². The van der Waals surface area contributed by atoms with Gasteiger partial charge in [0.25, 0.3) is 0 Å². The van der Waals surface area contributed by atoms with Crippen LogP contribution in [0.2, 0.25) is 0 Å². The summed E-state index contributed by atoms with van der Waals surface area (Å²) in [5, 5.41) is 21.2. The Morgan fingerprint density at radius 3 is 2.48 bits per heavy atom. The molecule has 0 aliphatic heterocycles. The van der Waals surface area contributed by atoms with Crippen LogP contribution in [0.15, 0.2) is 16.9 Å². The third-order valence-electron chi connectivity index (χ3n) is 2.93. The Bertz CT molecular complexity index is 635. The number of aliphatic hydroxyl groups excluding tert-OH is 2. The summed E-state index contributed by atoms with van der Waals surface area (Å²) in [5.41, 5.74) is -1.02. The second-order valence-corrected chi connectivity index (χ2v) is 8.24. The zero-order valence-corrected chi connectivity index (χ0v) is 15.1. The molecule has 23 heavy (non-hydrogen) atoms. The van der Waals surface area contributed by atoms with Crippen molar-refractivity contribution in [1.82, 2.24) is 15.3 Å². The maximum absolute atomic E-state index is 11.8. The predicted octanol–water partition coefficient (Wildman–Crippen LogP) is -0.524. The van der Waals surface area contributed by atoms with Crippen molar-refractivity contribution in [2.45, 2.75) is 20.0 Å². The van der Waals surface area contributed by atoms with E-state index in [1.165, 1.54) is 26.2 Å². The highest BCUT2D eigenvalue weighted by atomic mass is 79.9. The quantitative estimate of drug-likeness (QED) is 0.451. The van der Waals surface area contributed by atoms with Gasteiger partial charge in [-0.05, 0) is 15.9 Å². The van der Waals surface area contributed by atoms with E-state index in [0.717, 1.165) is 0 Å². The van der Waals surface area contributed by atoms with Crippen LogP contribution >= 0.6 is 15.9 Å². The van der Waals surface area contributed by atoms with Gasteiger partial charge in [-0.2, -0.15) is 0 Å². The van der Waals surface area contributed by atoms with Crippen LogP contribution in [-0.2, 0) is 14.8 Å². The highest BCUT2D eigenvalue weighted by Crippen LogP contribution is 2.19. The number of nitrogens with zero attached hydrogens (tertiary/aromatic N) is 2. The van der Waals surface area contributed by atoms with E-state index in [2.05, 4.69) is 35.9 Å². The van der Waals surface area contributed by atoms with Gasteiger partial charge >= 0.3 is 0 Å². The van der Waals surface area contributed by atoms with Gasteiger partial charge in [0, 0.05) is 24.4 Å². The molecule has 0 radical (unpaired) electrons. The van der Waals surface area contributed by atoms with Crippen molar-refractivity contribution in [3.8, 4) is 0 Å². The SMILES string of the molecule is CC(C)(CO)[C@@H](O)C(=O)NCCS(=O)(=O)Nc1ncc(Br)cn1. The first kappa shape index (κ1) is 19.7. The molecular formula is C12H19BrN4O5S. The molecule has 1 rings (SSSR count). The van der Waals surface area contributed by atoms with Crippen LogP contribution in [0.5, 0.6) is 0 Å². The third kappa shape index (κ3) is 6.37. The van der Waals surface area contributed by atoms with Crippen LogP contribution in [0, 0.1) is 5.41 Å². The Morgan fingerprint density at radius 1 is 1.39 bits per heavy atom. The van der Waals surface area contributed by atoms with Crippen molar-refractivity contribution < 1.29 is 23.4 Å². The summed E-state index contributed by atoms with van der Waals surface area (Å²) in [6.07, 6.45) is 1.33. The standard InChI is InChI=1S/C12H19BrN4O5S/c1-12(2,7-18)9(19)10(20)14-3-4-23(21,22)17-11-15-5-8(13)6-16-11/h5-6,9,18-19H,3-4,7H2,1-2H3,(H,14,20)(H,15,16,17)/t9-/m0/s1. The molecule has 0 aromatic carbocycles. The number of carbonyl (C=O) groups excluding carboxylic acids is 1. The smallest absolute Gasteiger partial charge is 0.249 e. The number of hydrogen-bond acceptors (Lipinski definition) is 7. The maximum atomic E-state index is 11.8. The van der Waals surface area contributed by atoms with E-state index in [4.69, 9.17) is 5.11 Å². The van der Waals surface area contributed by atoms with Gasteiger partial charge in [0.2, 0.25) is 21.9 Å². The zero-order valence-electron chi connectivity index (χ0n) is 12.7. The van der Waals surface area contributed by atoms with Gasteiger partial charge < -0.3 is 15.5 Å². The van der Waals surface area contributed by atoms with Crippen LogP contribution in [-0.4, -0.2) is 59.5 Å². The molecule has 0 saturated heterocycles. The van der Waals surface area contributed by atoms with E-state index in [1.807, 2.05) is 0 Å². The largest absolute Gasteiger partial charge is 0.396 e. The predicted molar refractivity (Wildman–Crippen MR) is 87.0 cm³/mol. The molecule has 11 heteroatoms. The monoisotopic (exact) mass is 410 g/mol. The number of amides is 1. The van der Waals surface area contributed by atoms with E-state index in [0.29, 0.717) is 4.47 Å². The van der Waals surface area contributed by atoms with E-state index < -0.39 is 33.2 Å². The van der Waals surface area contributed by atoms with Crippen molar-refractivity contribution >= 4 is 37.8 Å². The average Bonchev–Trinajstić information content (AvgIpc) is 2.48. The molecular weight excluding hydrogens is 392 g/mol. The summed E-state index contributed by atoms with van der Waals surface area (Å²) in [6, 6.07) is 0. The summed E-state index contributed by atoms with van der Waals surface area (Å²) in [6.45, 7) is 2.44. The normalized spacial score (nSPS) is 13.4. The highest BCUT2D eigenvalue weighted by molar-refractivity contribution is 9.10. The molecule has 0 saturated carbocycles. The maximum Gasteiger partial charge on any atom is 0.249 e. The fourth-order valence-electron chi connectivity index (χ4n) is 1.40. The Kier molecular flexibility index (Phi) is 6.86. The lowest BCUT2D eigenvalue weighted by atomic mass is 9.87. The lowest BCUT2D eigenvalue weighted by Crippen LogP contribution is -2.46. The molecule has 1 aromatic rings. The lowest BCUT2D eigenvalue weighted by Gasteiger charge is -2.27.